The summed E-state index contributed by atoms with van der Waals surface area (Å²) in [5, 5.41) is 2.93. The molecule has 0 bridgehead atoms. The predicted octanol–water partition coefficient (Wildman–Crippen LogP) is 2.46. The lowest BCUT2D eigenvalue weighted by Gasteiger charge is -2.28. The summed E-state index contributed by atoms with van der Waals surface area (Å²) < 4.78 is 4.67. The molecule has 0 aliphatic rings. The van der Waals surface area contributed by atoms with Gasteiger partial charge in [-0.25, -0.2) is 0 Å². The molecule has 1 amide bonds. The van der Waals surface area contributed by atoms with E-state index in [1.807, 2.05) is 39.0 Å². The van der Waals surface area contributed by atoms with Crippen LogP contribution in [-0.2, 0) is 9.53 Å². The van der Waals surface area contributed by atoms with E-state index in [2.05, 4.69) is 10.1 Å². The highest BCUT2D eigenvalue weighted by atomic mass is 16.5. The second-order valence-corrected chi connectivity index (χ2v) is 4.94. The summed E-state index contributed by atoms with van der Waals surface area (Å²) in [6.45, 7) is 5.67. The molecule has 104 valence electrons. The number of nitrogens with one attached hydrogen (secondary N) is 1. The lowest BCUT2D eigenvalue weighted by molar-refractivity contribution is -0.142. The first-order chi connectivity index (χ1) is 8.91. The number of amides is 1. The van der Waals surface area contributed by atoms with Gasteiger partial charge in [-0.2, -0.15) is 0 Å². The first kappa shape index (κ1) is 15.2. The average molecular weight is 263 g/mol. The molecule has 0 fully saturated rings. The molecule has 0 saturated carbocycles. The Morgan fingerprint density at radius 3 is 2.47 bits per heavy atom. The maximum atomic E-state index is 12.2. The Labute approximate surface area is 114 Å². The number of hydrogen-bond acceptors (Lipinski definition) is 3. The molecule has 0 spiro atoms. The smallest absolute Gasteiger partial charge is 0.307 e. The summed E-state index contributed by atoms with van der Waals surface area (Å²) in [7, 11) is 1.35. The molecule has 1 aromatic carbocycles. The van der Waals surface area contributed by atoms with Gasteiger partial charge >= 0.3 is 5.97 Å². The Morgan fingerprint density at radius 1 is 1.32 bits per heavy atom. The van der Waals surface area contributed by atoms with Crippen molar-refractivity contribution in [1.29, 1.82) is 0 Å². The number of rotatable bonds is 5. The van der Waals surface area contributed by atoms with Gasteiger partial charge in [0.15, 0.2) is 0 Å². The van der Waals surface area contributed by atoms with Crippen molar-refractivity contribution < 1.29 is 14.3 Å². The summed E-state index contributed by atoms with van der Waals surface area (Å²) in [6, 6.07) is 7.38. The van der Waals surface area contributed by atoms with Crippen LogP contribution in [0, 0.1) is 6.92 Å². The molecule has 4 heteroatoms. The van der Waals surface area contributed by atoms with Crippen molar-refractivity contribution in [2.24, 2.45) is 0 Å². The van der Waals surface area contributed by atoms with E-state index in [4.69, 9.17) is 0 Å². The quantitative estimate of drug-likeness (QED) is 0.830. The van der Waals surface area contributed by atoms with Crippen LogP contribution >= 0.6 is 0 Å². The zero-order valence-corrected chi connectivity index (χ0v) is 11.9. The third kappa shape index (κ3) is 4.09. The monoisotopic (exact) mass is 263 g/mol. The molecule has 0 saturated heterocycles. The molecule has 4 nitrogen and oxygen atoms in total. The molecule has 0 unspecified atom stereocenters. The number of methoxy groups -OCH3 is 1. The Hall–Kier alpha value is -1.84. The van der Waals surface area contributed by atoms with E-state index in [0.717, 1.165) is 5.56 Å². The number of aryl methyl sites for hydroxylation is 1. The summed E-state index contributed by atoms with van der Waals surface area (Å²) in [4.78, 5) is 23.6. The largest absolute Gasteiger partial charge is 0.469 e. The molecule has 1 atom stereocenters. The molecule has 1 aromatic rings. The van der Waals surface area contributed by atoms with Crippen molar-refractivity contribution in [1.82, 2.24) is 5.32 Å². The summed E-state index contributed by atoms with van der Waals surface area (Å²) in [5.41, 5.74) is 0.954. The van der Waals surface area contributed by atoms with Gasteiger partial charge in [0.25, 0.3) is 5.91 Å². The van der Waals surface area contributed by atoms with Crippen LogP contribution in [0.2, 0.25) is 0 Å². The standard InChI is InChI=1S/C15H21NO3/c1-5-15(3,10-13(17)19-4)16-14(18)12-9-7-6-8-11(12)2/h6-9H,5,10H2,1-4H3,(H,16,18)/t15-/m1/s1. The Kier molecular flexibility index (Phi) is 5.10. The first-order valence-electron chi connectivity index (χ1n) is 6.37. The molecule has 0 aliphatic carbocycles. The van der Waals surface area contributed by atoms with Crippen LogP contribution in [0.25, 0.3) is 0 Å². The fraction of sp³-hybridized carbons (Fsp3) is 0.467. The molecule has 0 radical (unpaired) electrons. The highest BCUT2D eigenvalue weighted by molar-refractivity contribution is 5.96. The van der Waals surface area contributed by atoms with Gasteiger partial charge in [-0.05, 0) is 31.9 Å². The van der Waals surface area contributed by atoms with Crippen LogP contribution in [-0.4, -0.2) is 24.5 Å². The zero-order chi connectivity index (χ0) is 14.5. The van der Waals surface area contributed by atoms with E-state index in [1.54, 1.807) is 6.07 Å². The van der Waals surface area contributed by atoms with Gasteiger partial charge in [0.05, 0.1) is 13.5 Å². The van der Waals surface area contributed by atoms with Gasteiger partial charge in [-0.3, -0.25) is 9.59 Å². The third-order valence-corrected chi connectivity index (χ3v) is 3.35. The molecule has 1 N–H and O–H groups in total. The van der Waals surface area contributed by atoms with Gasteiger partial charge in [-0.1, -0.05) is 25.1 Å². The second kappa shape index (κ2) is 6.36. The maximum Gasteiger partial charge on any atom is 0.307 e. The van der Waals surface area contributed by atoms with Crippen molar-refractivity contribution >= 4 is 11.9 Å². The molecule has 0 aliphatic heterocycles. The minimum Gasteiger partial charge on any atom is -0.469 e. The fourth-order valence-electron chi connectivity index (χ4n) is 1.82. The maximum absolute atomic E-state index is 12.2. The van der Waals surface area contributed by atoms with Crippen molar-refractivity contribution in [3.8, 4) is 0 Å². The normalized spacial score (nSPS) is 13.5. The Balaban J connectivity index is 2.84. The number of carbonyl (C=O) groups excluding carboxylic acids is 2. The predicted molar refractivity (Wildman–Crippen MR) is 74.0 cm³/mol. The van der Waals surface area contributed by atoms with Crippen LogP contribution in [0.15, 0.2) is 24.3 Å². The van der Waals surface area contributed by atoms with Gasteiger partial charge in [0.1, 0.15) is 0 Å². The highest BCUT2D eigenvalue weighted by Crippen LogP contribution is 2.17. The van der Waals surface area contributed by atoms with E-state index < -0.39 is 5.54 Å². The van der Waals surface area contributed by atoms with Crippen LogP contribution in [0.1, 0.15) is 42.6 Å². The Morgan fingerprint density at radius 2 is 1.95 bits per heavy atom. The molecule has 0 aromatic heterocycles. The van der Waals surface area contributed by atoms with E-state index in [9.17, 15) is 9.59 Å². The van der Waals surface area contributed by atoms with Crippen LogP contribution in [0.4, 0.5) is 0 Å². The average Bonchev–Trinajstić information content (AvgIpc) is 2.38. The molecule has 19 heavy (non-hydrogen) atoms. The van der Waals surface area contributed by atoms with Crippen molar-refractivity contribution in [3.05, 3.63) is 35.4 Å². The van der Waals surface area contributed by atoms with E-state index in [0.29, 0.717) is 12.0 Å². The summed E-state index contributed by atoms with van der Waals surface area (Å²) >= 11 is 0. The number of hydrogen-bond donors (Lipinski definition) is 1. The van der Waals surface area contributed by atoms with Crippen molar-refractivity contribution in [2.45, 2.75) is 39.2 Å². The Bertz CT molecular complexity index is 470. The lowest BCUT2D eigenvalue weighted by atomic mass is 9.93. The van der Waals surface area contributed by atoms with Crippen LogP contribution < -0.4 is 5.32 Å². The summed E-state index contributed by atoms with van der Waals surface area (Å²) in [5.74, 6) is -0.485. The minimum absolute atomic E-state index is 0.161. The van der Waals surface area contributed by atoms with E-state index in [1.165, 1.54) is 7.11 Å². The molecular weight excluding hydrogens is 242 g/mol. The zero-order valence-electron chi connectivity index (χ0n) is 11.9. The van der Waals surface area contributed by atoms with Gasteiger partial charge < -0.3 is 10.1 Å². The second-order valence-electron chi connectivity index (χ2n) is 4.94. The highest BCUT2D eigenvalue weighted by Gasteiger charge is 2.28. The SMILES string of the molecule is CC[C@](C)(CC(=O)OC)NC(=O)c1ccccc1C. The molecular formula is C15H21NO3. The summed E-state index contributed by atoms with van der Waals surface area (Å²) in [6.07, 6.45) is 0.817. The van der Waals surface area contributed by atoms with Crippen molar-refractivity contribution in [3.63, 3.8) is 0 Å². The number of ether oxygens (including phenoxy) is 1. The number of esters is 1. The van der Waals surface area contributed by atoms with Gasteiger partial charge in [-0.15, -0.1) is 0 Å². The topological polar surface area (TPSA) is 55.4 Å². The molecule has 1 rings (SSSR count). The number of carbonyl (C=O) groups is 2. The third-order valence-electron chi connectivity index (χ3n) is 3.35. The van der Waals surface area contributed by atoms with Crippen LogP contribution in [0.5, 0.6) is 0 Å². The van der Waals surface area contributed by atoms with Crippen LogP contribution in [0.3, 0.4) is 0 Å². The fourth-order valence-corrected chi connectivity index (χ4v) is 1.82. The lowest BCUT2D eigenvalue weighted by Crippen LogP contribution is -2.47. The number of benzene rings is 1. The minimum atomic E-state index is -0.591. The molecule has 0 heterocycles. The van der Waals surface area contributed by atoms with E-state index in [-0.39, 0.29) is 18.3 Å². The first-order valence-corrected chi connectivity index (χ1v) is 6.37. The van der Waals surface area contributed by atoms with Crippen molar-refractivity contribution in [2.75, 3.05) is 7.11 Å². The van der Waals surface area contributed by atoms with Gasteiger partial charge in [0.2, 0.25) is 0 Å². The van der Waals surface area contributed by atoms with E-state index >= 15 is 0 Å². The van der Waals surface area contributed by atoms with Gasteiger partial charge in [0, 0.05) is 11.1 Å².